The highest BCUT2D eigenvalue weighted by Gasteiger charge is 2.21. The van der Waals surface area contributed by atoms with Gasteiger partial charge >= 0.3 is 0 Å². The van der Waals surface area contributed by atoms with Crippen molar-refractivity contribution in [2.75, 3.05) is 16.8 Å². The highest BCUT2D eigenvalue weighted by atomic mass is 32.1. The summed E-state index contributed by atoms with van der Waals surface area (Å²) >= 11 is 1.83. The normalized spacial score (nSPS) is 13.2. The van der Waals surface area contributed by atoms with Crippen LogP contribution in [0.4, 0.5) is 11.4 Å². The Kier molecular flexibility index (Phi) is 4.85. The van der Waals surface area contributed by atoms with Crippen molar-refractivity contribution in [3.8, 4) is 5.69 Å². The second kappa shape index (κ2) is 7.80. The number of aromatic nitrogens is 2. The third kappa shape index (κ3) is 3.50. The van der Waals surface area contributed by atoms with E-state index in [1.54, 1.807) is 4.68 Å². The SMILES string of the molecule is Cc1cc(C(=O)Nc2ccccc2N2CCc3sccc3C2)nn1-c1ccccc1. The lowest BCUT2D eigenvalue weighted by atomic mass is 10.1. The third-order valence-corrected chi connectivity index (χ3v) is 6.44. The van der Waals surface area contributed by atoms with Crippen LogP contribution in [0.5, 0.6) is 0 Å². The van der Waals surface area contributed by atoms with Crippen molar-refractivity contribution in [2.45, 2.75) is 19.9 Å². The van der Waals surface area contributed by atoms with Gasteiger partial charge in [0.15, 0.2) is 5.69 Å². The lowest BCUT2D eigenvalue weighted by Gasteiger charge is -2.30. The second-order valence-electron chi connectivity index (χ2n) is 7.43. The van der Waals surface area contributed by atoms with Crippen molar-refractivity contribution in [3.05, 3.63) is 93.9 Å². The molecule has 4 aromatic rings. The van der Waals surface area contributed by atoms with E-state index in [-0.39, 0.29) is 5.91 Å². The number of nitrogens with zero attached hydrogens (tertiary/aromatic N) is 3. The predicted octanol–water partition coefficient (Wildman–Crippen LogP) is 5.06. The average Bonchev–Trinajstić information content (AvgIpc) is 3.40. The van der Waals surface area contributed by atoms with Crippen molar-refractivity contribution in [1.29, 1.82) is 0 Å². The fourth-order valence-corrected chi connectivity index (χ4v) is 4.80. The van der Waals surface area contributed by atoms with Gasteiger partial charge in [0, 0.05) is 23.7 Å². The van der Waals surface area contributed by atoms with Crippen LogP contribution in [-0.2, 0) is 13.0 Å². The van der Waals surface area contributed by atoms with E-state index in [1.165, 1.54) is 10.4 Å². The summed E-state index contributed by atoms with van der Waals surface area (Å²) in [7, 11) is 0. The molecule has 0 saturated heterocycles. The van der Waals surface area contributed by atoms with Crippen LogP contribution in [-0.4, -0.2) is 22.2 Å². The Morgan fingerprint density at radius 2 is 1.87 bits per heavy atom. The zero-order valence-electron chi connectivity index (χ0n) is 16.7. The summed E-state index contributed by atoms with van der Waals surface area (Å²) in [6.07, 6.45) is 1.04. The molecule has 1 amide bonds. The maximum Gasteiger partial charge on any atom is 0.276 e. The zero-order valence-corrected chi connectivity index (χ0v) is 17.5. The smallest absolute Gasteiger partial charge is 0.276 e. The fraction of sp³-hybridized carbons (Fsp3) is 0.167. The third-order valence-electron chi connectivity index (χ3n) is 5.42. The number of hydrogen-bond donors (Lipinski definition) is 1. The summed E-state index contributed by atoms with van der Waals surface area (Å²) < 4.78 is 1.80. The van der Waals surface area contributed by atoms with Crippen LogP contribution in [0, 0.1) is 6.92 Å². The molecule has 0 bridgehead atoms. The quantitative estimate of drug-likeness (QED) is 0.508. The van der Waals surface area contributed by atoms with Gasteiger partial charge < -0.3 is 10.2 Å². The van der Waals surface area contributed by atoms with E-state index in [0.29, 0.717) is 5.69 Å². The van der Waals surface area contributed by atoms with Gasteiger partial charge in [0.2, 0.25) is 0 Å². The lowest BCUT2D eigenvalue weighted by Crippen LogP contribution is -2.30. The summed E-state index contributed by atoms with van der Waals surface area (Å²) in [5.74, 6) is -0.200. The van der Waals surface area contributed by atoms with E-state index >= 15 is 0 Å². The standard InChI is InChI=1S/C24H22N4OS/c1-17-15-21(26-28(17)19-7-3-2-4-8-19)24(29)25-20-9-5-6-10-22(20)27-13-11-23-18(16-27)12-14-30-23/h2-10,12,14-15H,11,13,16H2,1H3,(H,25,29). The molecule has 2 aromatic heterocycles. The molecular weight excluding hydrogens is 392 g/mol. The maximum atomic E-state index is 13.0. The molecule has 150 valence electrons. The summed E-state index contributed by atoms with van der Waals surface area (Å²) in [5.41, 5.74) is 5.50. The molecule has 1 N–H and O–H groups in total. The number of thiophene rings is 1. The molecule has 0 aliphatic carbocycles. The highest BCUT2D eigenvalue weighted by Crippen LogP contribution is 2.32. The lowest BCUT2D eigenvalue weighted by molar-refractivity contribution is 0.102. The first kappa shape index (κ1) is 18.6. The maximum absolute atomic E-state index is 13.0. The number of fused-ring (bicyclic) bond motifs is 1. The van der Waals surface area contributed by atoms with Crippen LogP contribution in [0.15, 0.2) is 72.1 Å². The number of amides is 1. The largest absolute Gasteiger partial charge is 0.365 e. The number of anilines is 2. The predicted molar refractivity (Wildman–Crippen MR) is 122 cm³/mol. The summed E-state index contributed by atoms with van der Waals surface area (Å²) in [5, 5.41) is 9.77. The van der Waals surface area contributed by atoms with E-state index in [2.05, 4.69) is 32.8 Å². The molecule has 5 nitrogen and oxygen atoms in total. The minimum atomic E-state index is -0.200. The topological polar surface area (TPSA) is 50.2 Å². The molecule has 6 heteroatoms. The zero-order chi connectivity index (χ0) is 20.5. The van der Waals surface area contributed by atoms with Crippen molar-refractivity contribution >= 4 is 28.6 Å². The van der Waals surface area contributed by atoms with Gasteiger partial charge in [-0.25, -0.2) is 4.68 Å². The average molecular weight is 415 g/mol. The molecule has 1 aliphatic rings. The molecule has 0 radical (unpaired) electrons. The number of para-hydroxylation sites is 3. The first-order valence-corrected chi connectivity index (χ1v) is 10.9. The van der Waals surface area contributed by atoms with Gasteiger partial charge in [-0.3, -0.25) is 4.79 Å². The van der Waals surface area contributed by atoms with Crippen LogP contribution in [0.3, 0.4) is 0 Å². The number of rotatable bonds is 4. The molecule has 0 fully saturated rings. The first-order valence-electron chi connectivity index (χ1n) is 10.0. The van der Waals surface area contributed by atoms with Crippen LogP contribution in [0.1, 0.15) is 26.6 Å². The Morgan fingerprint density at radius 1 is 1.07 bits per heavy atom. The minimum Gasteiger partial charge on any atom is -0.365 e. The van der Waals surface area contributed by atoms with E-state index in [9.17, 15) is 4.79 Å². The molecule has 0 unspecified atom stereocenters. The Labute approximate surface area is 179 Å². The Morgan fingerprint density at radius 3 is 2.73 bits per heavy atom. The van der Waals surface area contributed by atoms with Gasteiger partial charge in [0.1, 0.15) is 0 Å². The number of benzene rings is 2. The number of hydrogen-bond acceptors (Lipinski definition) is 4. The van der Waals surface area contributed by atoms with Crippen LogP contribution in [0.25, 0.3) is 5.69 Å². The molecule has 30 heavy (non-hydrogen) atoms. The molecule has 2 aromatic carbocycles. The van der Waals surface area contributed by atoms with E-state index in [1.807, 2.05) is 72.9 Å². The van der Waals surface area contributed by atoms with Crippen LogP contribution in [0.2, 0.25) is 0 Å². The van der Waals surface area contributed by atoms with Gasteiger partial charge in [0.05, 0.1) is 17.1 Å². The number of carbonyl (C=O) groups is 1. The van der Waals surface area contributed by atoms with Crippen molar-refractivity contribution in [3.63, 3.8) is 0 Å². The number of carbonyl (C=O) groups excluding carboxylic acids is 1. The molecule has 0 saturated carbocycles. The summed E-state index contributed by atoms with van der Waals surface area (Å²) in [6, 6.07) is 21.9. The van der Waals surface area contributed by atoms with Gasteiger partial charge in [-0.2, -0.15) is 5.10 Å². The van der Waals surface area contributed by atoms with Crippen molar-refractivity contribution in [2.24, 2.45) is 0 Å². The monoisotopic (exact) mass is 414 g/mol. The second-order valence-corrected chi connectivity index (χ2v) is 8.43. The van der Waals surface area contributed by atoms with Gasteiger partial charge in [-0.05, 0) is 60.7 Å². The minimum absolute atomic E-state index is 0.200. The van der Waals surface area contributed by atoms with Crippen LogP contribution >= 0.6 is 11.3 Å². The summed E-state index contributed by atoms with van der Waals surface area (Å²) in [4.78, 5) is 16.8. The Bertz CT molecular complexity index is 1190. The van der Waals surface area contributed by atoms with Gasteiger partial charge in [0.25, 0.3) is 5.91 Å². The van der Waals surface area contributed by atoms with E-state index < -0.39 is 0 Å². The molecule has 1 aliphatic heterocycles. The molecule has 0 spiro atoms. The molecule has 3 heterocycles. The Hall–Kier alpha value is -3.38. The highest BCUT2D eigenvalue weighted by molar-refractivity contribution is 7.10. The molecule has 0 atom stereocenters. The van der Waals surface area contributed by atoms with E-state index in [0.717, 1.165) is 42.3 Å². The fourth-order valence-electron chi connectivity index (χ4n) is 3.91. The van der Waals surface area contributed by atoms with Gasteiger partial charge in [-0.1, -0.05) is 30.3 Å². The number of aryl methyl sites for hydroxylation is 1. The van der Waals surface area contributed by atoms with Gasteiger partial charge in [-0.15, -0.1) is 11.3 Å². The Balaban J connectivity index is 1.39. The van der Waals surface area contributed by atoms with E-state index in [4.69, 9.17) is 0 Å². The van der Waals surface area contributed by atoms with Crippen LogP contribution < -0.4 is 10.2 Å². The van der Waals surface area contributed by atoms with Crippen molar-refractivity contribution in [1.82, 2.24) is 9.78 Å². The molecule has 5 rings (SSSR count). The number of nitrogens with one attached hydrogen (secondary N) is 1. The van der Waals surface area contributed by atoms with Crippen molar-refractivity contribution < 1.29 is 4.79 Å². The first-order chi connectivity index (χ1) is 14.7. The molecular formula is C24H22N4OS. The summed E-state index contributed by atoms with van der Waals surface area (Å²) in [6.45, 7) is 3.77.